The summed E-state index contributed by atoms with van der Waals surface area (Å²) in [5.41, 5.74) is 4.03. The minimum atomic E-state index is -3.23. The number of benzene rings is 1. The third-order valence-electron chi connectivity index (χ3n) is 5.99. The number of aryl methyl sites for hydroxylation is 1. The molecule has 1 aliphatic heterocycles. The van der Waals surface area contributed by atoms with E-state index < -0.39 is 9.84 Å². The molecule has 1 aliphatic rings. The summed E-state index contributed by atoms with van der Waals surface area (Å²) in [6.07, 6.45) is 5.89. The average Bonchev–Trinajstić information content (AvgIpc) is 2.88. The zero-order valence-corrected chi connectivity index (χ0v) is 20.1. The molecule has 5 rings (SSSR count). The molecular formula is C25H25N5O4S. The summed E-state index contributed by atoms with van der Waals surface area (Å²) in [6.45, 7) is 3.14. The van der Waals surface area contributed by atoms with Crippen molar-refractivity contribution in [1.82, 2.24) is 19.5 Å². The number of aromatic nitrogens is 4. The number of hydrogen-bond donors (Lipinski definition) is 0. The molecule has 3 aromatic heterocycles. The first kappa shape index (κ1) is 23.1. The lowest BCUT2D eigenvalue weighted by Crippen LogP contribution is -2.36. The Kier molecular flexibility index (Phi) is 6.31. The largest absolute Gasteiger partial charge is 0.378 e. The second-order valence-electron chi connectivity index (χ2n) is 8.51. The van der Waals surface area contributed by atoms with E-state index in [2.05, 4.69) is 14.9 Å². The van der Waals surface area contributed by atoms with Gasteiger partial charge in [-0.3, -0.25) is 14.3 Å². The van der Waals surface area contributed by atoms with Crippen LogP contribution in [0.1, 0.15) is 0 Å². The van der Waals surface area contributed by atoms with Crippen LogP contribution in [0.2, 0.25) is 0 Å². The molecule has 180 valence electrons. The van der Waals surface area contributed by atoms with Crippen LogP contribution < -0.4 is 10.5 Å². The standard InChI is InChI=1S/C25H25N5O4S/c1-35(32,33)14-11-30-17-27-24-21(25(30)31)15-22(28-23(24)19-3-2-8-26-16-19)18-4-6-20(7-5-18)29-9-12-34-13-10-29/h2-8,15-17H,9-14H2,1H3. The average molecular weight is 492 g/mol. The van der Waals surface area contributed by atoms with Gasteiger partial charge in [-0.15, -0.1) is 0 Å². The topological polar surface area (TPSA) is 107 Å². The van der Waals surface area contributed by atoms with Crippen LogP contribution in [0.4, 0.5) is 5.69 Å². The molecule has 0 bridgehead atoms. The van der Waals surface area contributed by atoms with E-state index in [0.29, 0.717) is 35.5 Å². The van der Waals surface area contributed by atoms with Crippen LogP contribution in [0.25, 0.3) is 33.4 Å². The molecule has 10 heteroatoms. The molecule has 35 heavy (non-hydrogen) atoms. The molecule has 0 unspecified atom stereocenters. The quantitative estimate of drug-likeness (QED) is 0.405. The summed E-state index contributed by atoms with van der Waals surface area (Å²) < 4.78 is 30.0. The summed E-state index contributed by atoms with van der Waals surface area (Å²) in [5.74, 6) is -0.142. The van der Waals surface area contributed by atoms with E-state index >= 15 is 0 Å². The predicted octanol–water partition coefficient (Wildman–Crippen LogP) is 2.40. The van der Waals surface area contributed by atoms with Gasteiger partial charge in [-0.25, -0.2) is 18.4 Å². The van der Waals surface area contributed by atoms with Crippen LogP contribution in [0.15, 0.2) is 66.0 Å². The van der Waals surface area contributed by atoms with Crippen molar-refractivity contribution in [3.8, 4) is 22.5 Å². The second kappa shape index (κ2) is 9.55. The first-order valence-corrected chi connectivity index (χ1v) is 13.4. The van der Waals surface area contributed by atoms with Crippen LogP contribution in [-0.4, -0.2) is 66.2 Å². The van der Waals surface area contributed by atoms with Crippen LogP contribution in [-0.2, 0) is 21.1 Å². The summed E-state index contributed by atoms with van der Waals surface area (Å²) >= 11 is 0. The zero-order valence-electron chi connectivity index (χ0n) is 19.3. The second-order valence-corrected chi connectivity index (χ2v) is 10.8. The van der Waals surface area contributed by atoms with Crippen molar-refractivity contribution < 1.29 is 13.2 Å². The third-order valence-corrected chi connectivity index (χ3v) is 6.91. The van der Waals surface area contributed by atoms with Crippen molar-refractivity contribution in [2.45, 2.75) is 6.54 Å². The van der Waals surface area contributed by atoms with Crippen LogP contribution >= 0.6 is 0 Å². The van der Waals surface area contributed by atoms with Gasteiger partial charge in [0.25, 0.3) is 5.56 Å². The Labute approximate surface area is 203 Å². The number of ether oxygens (including phenoxy) is 1. The number of pyridine rings is 2. The molecule has 0 amide bonds. The summed E-state index contributed by atoms with van der Waals surface area (Å²) in [5, 5.41) is 0.377. The Morgan fingerprint density at radius 3 is 2.51 bits per heavy atom. The number of anilines is 1. The van der Waals surface area contributed by atoms with E-state index in [-0.39, 0.29) is 17.9 Å². The van der Waals surface area contributed by atoms with Gasteiger partial charge in [-0.1, -0.05) is 12.1 Å². The van der Waals surface area contributed by atoms with Crippen molar-refractivity contribution in [2.75, 3.05) is 43.2 Å². The van der Waals surface area contributed by atoms with E-state index in [1.165, 1.54) is 10.9 Å². The number of fused-ring (bicyclic) bond motifs is 1. The van der Waals surface area contributed by atoms with Gasteiger partial charge in [0, 0.05) is 55.1 Å². The maximum Gasteiger partial charge on any atom is 0.261 e. The molecule has 0 spiro atoms. The van der Waals surface area contributed by atoms with E-state index in [4.69, 9.17) is 9.72 Å². The molecule has 0 aliphatic carbocycles. The monoisotopic (exact) mass is 491 g/mol. The highest BCUT2D eigenvalue weighted by molar-refractivity contribution is 7.90. The highest BCUT2D eigenvalue weighted by Crippen LogP contribution is 2.29. The van der Waals surface area contributed by atoms with Gasteiger partial charge < -0.3 is 9.64 Å². The summed E-state index contributed by atoms with van der Waals surface area (Å²) in [7, 11) is -3.23. The summed E-state index contributed by atoms with van der Waals surface area (Å²) in [6, 6.07) is 13.5. The van der Waals surface area contributed by atoms with Gasteiger partial charge in [0.15, 0.2) is 0 Å². The van der Waals surface area contributed by atoms with Gasteiger partial charge in [0.05, 0.1) is 42.1 Å². The molecule has 0 radical (unpaired) electrons. The predicted molar refractivity (Wildman–Crippen MR) is 135 cm³/mol. The Bertz CT molecular complexity index is 1510. The highest BCUT2D eigenvalue weighted by Gasteiger charge is 2.17. The Hall–Kier alpha value is -3.63. The lowest BCUT2D eigenvalue weighted by atomic mass is 10.1. The fraction of sp³-hybridized carbons (Fsp3) is 0.280. The molecule has 4 heterocycles. The van der Waals surface area contributed by atoms with Gasteiger partial charge in [0.2, 0.25) is 0 Å². The first-order chi connectivity index (χ1) is 16.9. The van der Waals surface area contributed by atoms with Gasteiger partial charge in [-0.2, -0.15) is 0 Å². The smallest absolute Gasteiger partial charge is 0.261 e. The van der Waals surface area contributed by atoms with Gasteiger partial charge in [0.1, 0.15) is 15.4 Å². The van der Waals surface area contributed by atoms with Crippen molar-refractivity contribution in [3.63, 3.8) is 0 Å². The fourth-order valence-electron chi connectivity index (χ4n) is 4.11. The molecule has 0 N–H and O–H groups in total. The van der Waals surface area contributed by atoms with Gasteiger partial charge in [-0.05, 0) is 30.3 Å². The number of sulfone groups is 1. The minimum Gasteiger partial charge on any atom is -0.378 e. The normalized spacial score (nSPS) is 14.4. The molecule has 4 aromatic rings. The molecule has 1 fully saturated rings. The molecule has 1 saturated heterocycles. The molecule has 0 saturated carbocycles. The number of rotatable bonds is 6. The van der Waals surface area contributed by atoms with Crippen molar-refractivity contribution in [3.05, 3.63) is 71.5 Å². The number of morpholine rings is 1. The van der Waals surface area contributed by atoms with E-state index in [1.54, 1.807) is 24.5 Å². The Morgan fingerprint density at radius 1 is 1.06 bits per heavy atom. The molecular weight excluding hydrogens is 466 g/mol. The lowest BCUT2D eigenvalue weighted by Gasteiger charge is -2.28. The third kappa shape index (κ3) is 5.08. The van der Waals surface area contributed by atoms with Gasteiger partial charge >= 0.3 is 0 Å². The fourth-order valence-corrected chi connectivity index (χ4v) is 4.63. The molecule has 9 nitrogen and oxygen atoms in total. The lowest BCUT2D eigenvalue weighted by molar-refractivity contribution is 0.122. The van der Waals surface area contributed by atoms with Crippen molar-refractivity contribution in [2.24, 2.45) is 0 Å². The van der Waals surface area contributed by atoms with Crippen LogP contribution in [0, 0.1) is 0 Å². The molecule has 1 aromatic carbocycles. The summed E-state index contributed by atoms with van der Waals surface area (Å²) in [4.78, 5) is 29.2. The maximum absolute atomic E-state index is 13.3. The minimum absolute atomic E-state index is 0.0364. The highest BCUT2D eigenvalue weighted by atomic mass is 32.2. The van der Waals surface area contributed by atoms with Crippen LogP contribution in [0.5, 0.6) is 0 Å². The number of nitrogens with zero attached hydrogens (tertiary/aromatic N) is 5. The Morgan fingerprint density at radius 2 is 1.83 bits per heavy atom. The van der Waals surface area contributed by atoms with Crippen molar-refractivity contribution >= 4 is 26.4 Å². The van der Waals surface area contributed by atoms with E-state index in [0.717, 1.165) is 36.2 Å². The van der Waals surface area contributed by atoms with Crippen molar-refractivity contribution in [1.29, 1.82) is 0 Å². The van der Waals surface area contributed by atoms with E-state index in [1.807, 2.05) is 30.3 Å². The van der Waals surface area contributed by atoms with Crippen LogP contribution in [0.3, 0.4) is 0 Å². The number of hydrogen-bond acceptors (Lipinski definition) is 8. The van der Waals surface area contributed by atoms with E-state index in [9.17, 15) is 13.2 Å². The zero-order chi connectivity index (χ0) is 24.4. The maximum atomic E-state index is 13.3. The Balaban J connectivity index is 1.61. The SMILES string of the molecule is CS(=O)(=O)CCn1cnc2c(-c3cccnc3)nc(-c3ccc(N4CCOCC4)cc3)cc2c1=O. The molecule has 0 atom stereocenters. The first-order valence-electron chi connectivity index (χ1n) is 11.3.